The van der Waals surface area contributed by atoms with Gasteiger partial charge in [-0.1, -0.05) is 44.2 Å². The average Bonchev–Trinajstić information content (AvgIpc) is 3.37. The Morgan fingerprint density at radius 3 is 2.39 bits per heavy atom. The summed E-state index contributed by atoms with van der Waals surface area (Å²) in [5.74, 6) is -0.241. The van der Waals surface area contributed by atoms with Crippen molar-refractivity contribution in [2.45, 2.75) is 52.0 Å². The molecule has 7 nitrogen and oxygen atoms in total. The van der Waals surface area contributed by atoms with Gasteiger partial charge in [-0.2, -0.15) is 0 Å². The maximum atomic E-state index is 14.2. The summed E-state index contributed by atoms with van der Waals surface area (Å²) in [6.07, 6.45) is 4.01. The number of esters is 1. The number of carbonyl (C=O) groups is 3. The Hall–Kier alpha value is -2.71. The van der Waals surface area contributed by atoms with E-state index in [0.29, 0.717) is 49.2 Å². The Bertz CT molecular complexity index is 1060. The SMILES string of the molecule is CC[C@@H](C(=O)N1CCOCC1)N(c1cc(-c2ccccc2)sc1C(=O)OC)C(=O)[C@H]1CC[C@H](C)CC1. The van der Waals surface area contributed by atoms with Crippen LogP contribution in [0, 0.1) is 11.8 Å². The number of carbonyl (C=O) groups excluding carboxylic acids is 3. The minimum atomic E-state index is -0.698. The lowest BCUT2D eigenvalue weighted by atomic mass is 9.82. The van der Waals surface area contributed by atoms with Crippen LogP contribution in [0.2, 0.25) is 0 Å². The highest BCUT2D eigenvalue weighted by atomic mass is 32.1. The summed E-state index contributed by atoms with van der Waals surface area (Å²) in [4.78, 5) is 45.5. The third-order valence-corrected chi connectivity index (χ3v) is 8.46. The molecule has 2 aromatic rings. The molecule has 2 amide bonds. The molecule has 8 heteroatoms. The van der Waals surface area contributed by atoms with Crippen LogP contribution in [0.3, 0.4) is 0 Å². The van der Waals surface area contributed by atoms with Crippen molar-refractivity contribution in [2.75, 3.05) is 38.3 Å². The van der Waals surface area contributed by atoms with Crippen LogP contribution in [-0.4, -0.2) is 62.1 Å². The van der Waals surface area contributed by atoms with E-state index in [9.17, 15) is 14.4 Å². The van der Waals surface area contributed by atoms with Crippen LogP contribution in [-0.2, 0) is 19.1 Å². The first-order chi connectivity index (χ1) is 17.4. The van der Waals surface area contributed by atoms with E-state index in [1.165, 1.54) is 18.4 Å². The van der Waals surface area contributed by atoms with Gasteiger partial charge in [0.15, 0.2) is 0 Å². The molecule has 0 spiro atoms. The summed E-state index contributed by atoms with van der Waals surface area (Å²) in [7, 11) is 1.35. The van der Waals surface area contributed by atoms with Gasteiger partial charge in [-0.05, 0) is 49.7 Å². The highest BCUT2D eigenvalue weighted by Crippen LogP contribution is 2.40. The molecule has 4 rings (SSSR count). The summed E-state index contributed by atoms with van der Waals surface area (Å²) in [5.41, 5.74) is 1.42. The van der Waals surface area contributed by atoms with E-state index in [1.54, 1.807) is 9.80 Å². The number of ether oxygens (including phenoxy) is 2. The molecule has 0 unspecified atom stereocenters. The van der Waals surface area contributed by atoms with Crippen molar-refractivity contribution in [3.05, 3.63) is 41.3 Å². The van der Waals surface area contributed by atoms with E-state index in [1.807, 2.05) is 43.3 Å². The summed E-state index contributed by atoms with van der Waals surface area (Å²) >= 11 is 1.30. The number of hydrogen-bond donors (Lipinski definition) is 0. The average molecular weight is 513 g/mol. The van der Waals surface area contributed by atoms with Gasteiger partial charge in [0.25, 0.3) is 0 Å². The van der Waals surface area contributed by atoms with Crippen LogP contribution >= 0.6 is 11.3 Å². The fourth-order valence-corrected chi connectivity index (χ4v) is 6.22. The van der Waals surface area contributed by atoms with Gasteiger partial charge < -0.3 is 14.4 Å². The maximum Gasteiger partial charge on any atom is 0.350 e. The first-order valence-corrected chi connectivity index (χ1v) is 13.7. The van der Waals surface area contributed by atoms with Crippen LogP contribution in [0.1, 0.15) is 55.6 Å². The minimum absolute atomic E-state index is 0.0714. The molecule has 1 aromatic carbocycles. The highest BCUT2D eigenvalue weighted by molar-refractivity contribution is 7.18. The summed E-state index contributed by atoms with van der Waals surface area (Å²) in [6, 6.07) is 10.9. The zero-order chi connectivity index (χ0) is 25.7. The van der Waals surface area contributed by atoms with Crippen molar-refractivity contribution < 1.29 is 23.9 Å². The minimum Gasteiger partial charge on any atom is -0.465 e. The van der Waals surface area contributed by atoms with Crippen molar-refractivity contribution in [2.24, 2.45) is 11.8 Å². The first-order valence-electron chi connectivity index (χ1n) is 12.9. The van der Waals surface area contributed by atoms with Gasteiger partial charge in [-0.3, -0.25) is 14.5 Å². The number of rotatable bonds is 7. The Balaban J connectivity index is 1.79. The lowest BCUT2D eigenvalue weighted by Gasteiger charge is -2.38. The number of amides is 2. The van der Waals surface area contributed by atoms with E-state index in [2.05, 4.69) is 6.92 Å². The van der Waals surface area contributed by atoms with Gasteiger partial charge in [0.2, 0.25) is 11.8 Å². The molecule has 1 saturated carbocycles. The molecule has 1 aliphatic heterocycles. The molecule has 0 bridgehead atoms. The summed E-state index contributed by atoms with van der Waals surface area (Å²) < 4.78 is 10.6. The number of benzene rings is 1. The molecule has 2 heterocycles. The highest BCUT2D eigenvalue weighted by Gasteiger charge is 2.40. The Kier molecular flexibility index (Phi) is 8.80. The molecular formula is C28H36N2O5S. The van der Waals surface area contributed by atoms with Gasteiger partial charge in [0, 0.05) is 23.9 Å². The molecule has 0 N–H and O–H groups in total. The fourth-order valence-electron chi connectivity index (χ4n) is 5.15. The molecule has 194 valence electrons. The molecule has 0 radical (unpaired) electrons. The largest absolute Gasteiger partial charge is 0.465 e. The number of morpholine rings is 1. The lowest BCUT2D eigenvalue weighted by molar-refractivity contribution is -0.139. The van der Waals surface area contributed by atoms with Crippen molar-refractivity contribution in [3.8, 4) is 10.4 Å². The van der Waals surface area contributed by atoms with E-state index >= 15 is 0 Å². The molecule has 2 aliphatic rings. The van der Waals surface area contributed by atoms with Crippen molar-refractivity contribution >= 4 is 34.8 Å². The molecule has 36 heavy (non-hydrogen) atoms. The zero-order valence-corrected chi connectivity index (χ0v) is 22.2. The maximum absolute atomic E-state index is 14.2. The van der Waals surface area contributed by atoms with Crippen molar-refractivity contribution in [1.82, 2.24) is 4.90 Å². The van der Waals surface area contributed by atoms with Gasteiger partial charge in [0.1, 0.15) is 10.9 Å². The van der Waals surface area contributed by atoms with Crippen LogP contribution < -0.4 is 4.90 Å². The number of thiophene rings is 1. The van der Waals surface area contributed by atoms with Crippen molar-refractivity contribution in [3.63, 3.8) is 0 Å². The third kappa shape index (κ3) is 5.65. The van der Waals surface area contributed by atoms with Crippen LogP contribution in [0.4, 0.5) is 5.69 Å². The second kappa shape index (κ2) is 12.0. The second-order valence-electron chi connectivity index (χ2n) is 9.71. The number of anilines is 1. The van der Waals surface area contributed by atoms with Gasteiger partial charge in [-0.25, -0.2) is 4.79 Å². The normalized spacial score (nSPS) is 21.0. The van der Waals surface area contributed by atoms with Gasteiger partial charge in [0.05, 0.1) is 26.0 Å². The van der Waals surface area contributed by atoms with Crippen LogP contribution in [0.15, 0.2) is 36.4 Å². The molecule has 2 fully saturated rings. The molecule has 1 saturated heterocycles. The Labute approximate surface area is 217 Å². The predicted octanol–water partition coefficient (Wildman–Crippen LogP) is 5.00. The number of methoxy groups -OCH3 is 1. The molecule has 1 aliphatic carbocycles. The monoisotopic (exact) mass is 512 g/mol. The Morgan fingerprint density at radius 2 is 1.78 bits per heavy atom. The predicted molar refractivity (Wildman–Crippen MR) is 141 cm³/mol. The topological polar surface area (TPSA) is 76.2 Å². The fraction of sp³-hybridized carbons (Fsp3) is 0.536. The van der Waals surface area contributed by atoms with Crippen LogP contribution in [0.5, 0.6) is 0 Å². The first kappa shape index (κ1) is 26.4. The van der Waals surface area contributed by atoms with E-state index < -0.39 is 12.0 Å². The summed E-state index contributed by atoms with van der Waals surface area (Å²) in [5, 5.41) is 0. The van der Waals surface area contributed by atoms with E-state index in [4.69, 9.17) is 9.47 Å². The summed E-state index contributed by atoms with van der Waals surface area (Å²) in [6.45, 7) is 6.12. The lowest BCUT2D eigenvalue weighted by Crippen LogP contribution is -2.55. The smallest absolute Gasteiger partial charge is 0.350 e. The molecular weight excluding hydrogens is 476 g/mol. The Morgan fingerprint density at radius 1 is 1.11 bits per heavy atom. The number of nitrogens with zero attached hydrogens (tertiary/aromatic N) is 2. The second-order valence-corrected chi connectivity index (χ2v) is 10.8. The third-order valence-electron chi connectivity index (χ3n) is 7.31. The zero-order valence-electron chi connectivity index (χ0n) is 21.4. The quantitative estimate of drug-likeness (QED) is 0.488. The van der Waals surface area contributed by atoms with E-state index in [-0.39, 0.29) is 17.7 Å². The molecule has 1 atom stereocenters. The molecule has 1 aromatic heterocycles. The van der Waals surface area contributed by atoms with E-state index in [0.717, 1.165) is 36.1 Å². The van der Waals surface area contributed by atoms with Gasteiger partial charge >= 0.3 is 5.97 Å². The van der Waals surface area contributed by atoms with Crippen molar-refractivity contribution in [1.29, 1.82) is 0 Å². The standard InChI is InChI=1S/C28H36N2O5S/c1-4-22(27(32)29-14-16-35-17-15-29)30(26(31)21-12-10-19(2)11-13-21)23-18-24(20-8-6-5-7-9-20)36-25(23)28(33)34-3/h5-9,18-19,21-22H,4,10-17H2,1-3H3/t19-,21-,22-/m0/s1. The number of hydrogen-bond acceptors (Lipinski definition) is 6. The van der Waals surface area contributed by atoms with Crippen LogP contribution in [0.25, 0.3) is 10.4 Å². The van der Waals surface area contributed by atoms with Gasteiger partial charge in [-0.15, -0.1) is 11.3 Å².